The van der Waals surface area contributed by atoms with E-state index in [-0.39, 0.29) is 17.1 Å². The largest absolute Gasteiger partial charge is 0.504 e. The number of ether oxygens (including phenoxy) is 1. The molecule has 1 amide bonds. The molecule has 0 saturated carbocycles. The van der Waals surface area contributed by atoms with E-state index in [9.17, 15) is 9.90 Å². The molecule has 2 rings (SSSR count). The maximum atomic E-state index is 12.1. The summed E-state index contributed by atoms with van der Waals surface area (Å²) in [5, 5.41) is 13.0. The number of nitrogens with one attached hydrogen (secondary N) is 1. The van der Waals surface area contributed by atoms with Crippen molar-refractivity contribution in [1.82, 2.24) is 0 Å². The van der Waals surface area contributed by atoms with Gasteiger partial charge in [0.1, 0.15) is 0 Å². The molecule has 104 valence electrons. The zero-order valence-corrected chi connectivity index (χ0v) is 11.4. The first-order valence-electron chi connectivity index (χ1n) is 5.75. The van der Waals surface area contributed by atoms with Crippen LogP contribution in [0.5, 0.6) is 11.5 Å². The zero-order valence-electron chi connectivity index (χ0n) is 10.7. The average Bonchev–Trinajstić information content (AvgIpc) is 2.42. The van der Waals surface area contributed by atoms with Gasteiger partial charge in [-0.3, -0.25) is 4.79 Å². The van der Waals surface area contributed by atoms with Crippen LogP contribution in [0, 0.1) is 0 Å². The molecular weight excluding hydrogens is 280 g/mol. The minimum Gasteiger partial charge on any atom is -0.504 e. The minimum absolute atomic E-state index is 0.0960. The standard InChI is InChI=1S/C14H13ClN2O3/c1-20-12-4-2-3-9(13(12)18)14(19)17-11-6-5-8(15)7-10(11)16/h2-7,18H,16H2,1H3,(H,17,19). The van der Waals surface area contributed by atoms with Gasteiger partial charge in [-0.05, 0) is 30.3 Å². The SMILES string of the molecule is COc1cccc(C(=O)Nc2ccc(Cl)cc2N)c1O. The number of hydrogen-bond acceptors (Lipinski definition) is 4. The molecular formula is C14H13ClN2O3. The molecule has 0 bridgehead atoms. The summed E-state index contributed by atoms with van der Waals surface area (Å²) in [6.45, 7) is 0. The number of benzene rings is 2. The van der Waals surface area contributed by atoms with E-state index < -0.39 is 5.91 Å². The lowest BCUT2D eigenvalue weighted by atomic mass is 10.1. The summed E-state index contributed by atoms with van der Waals surface area (Å²) >= 11 is 5.79. The molecule has 0 aromatic heterocycles. The predicted molar refractivity (Wildman–Crippen MR) is 78.5 cm³/mol. The molecule has 0 aliphatic carbocycles. The van der Waals surface area contributed by atoms with Crippen molar-refractivity contribution >= 4 is 28.9 Å². The number of nitrogen functional groups attached to an aromatic ring is 1. The van der Waals surface area contributed by atoms with Gasteiger partial charge in [-0.25, -0.2) is 0 Å². The number of anilines is 2. The number of phenolic OH excluding ortho intramolecular Hbond substituents is 1. The third-order valence-electron chi connectivity index (χ3n) is 2.73. The van der Waals surface area contributed by atoms with E-state index in [0.29, 0.717) is 16.4 Å². The smallest absolute Gasteiger partial charge is 0.259 e. The summed E-state index contributed by atoms with van der Waals surface area (Å²) in [7, 11) is 1.41. The fourth-order valence-electron chi connectivity index (χ4n) is 1.71. The van der Waals surface area contributed by atoms with Crippen LogP contribution in [0.15, 0.2) is 36.4 Å². The van der Waals surface area contributed by atoms with Crippen LogP contribution in [0.2, 0.25) is 5.02 Å². The monoisotopic (exact) mass is 292 g/mol. The first-order valence-corrected chi connectivity index (χ1v) is 6.13. The predicted octanol–water partition coefficient (Wildman–Crippen LogP) is 2.89. The molecule has 0 aliphatic heterocycles. The van der Waals surface area contributed by atoms with E-state index in [0.717, 1.165) is 0 Å². The number of carbonyl (C=O) groups excluding carboxylic acids is 1. The molecule has 0 fully saturated rings. The summed E-state index contributed by atoms with van der Waals surface area (Å²) in [6, 6.07) is 9.38. The van der Waals surface area contributed by atoms with Crippen LogP contribution >= 0.6 is 11.6 Å². The van der Waals surface area contributed by atoms with Crippen molar-refractivity contribution in [2.75, 3.05) is 18.2 Å². The van der Waals surface area contributed by atoms with Crippen molar-refractivity contribution in [3.05, 3.63) is 47.0 Å². The Morgan fingerprint density at radius 1 is 1.35 bits per heavy atom. The molecule has 0 radical (unpaired) electrons. The quantitative estimate of drug-likeness (QED) is 0.759. The first kappa shape index (κ1) is 14.0. The lowest BCUT2D eigenvalue weighted by molar-refractivity contribution is 0.102. The molecule has 5 nitrogen and oxygen atoms in total. The van der Waals surface area contributed by atoms with Crippen molar-refractivity contribution < 1.29 is 14.6 Å². The Morgan fingerprint density at radius 3 is 2.75 bits per heavy atom. The first-order chi connectivity index (χ1) is 9.52. The van der Waals surface area contributed by atoms with Gasteiger partial charge in [-0.15, -0.1) is 0 Å². The highest BCUT2D eigenvalue weighted by atomic mass is 35.5. The molecule has 0 spiro atoms. The van der Waals surface area contributed by atoms with Gasteiger partial charge in [0, 0.05) is 5.02 Å². The lowest BCUT2D eigenvalue weighted by Gasteiger charge is -2.11. The number of para-hydroxylation sites is 1. The second-order valence-electron chi connectivity index (χ2n) is 4.04. The van der Waals surface area contributed by atoms with Crippen LogP contribution < -0.4 is 15.8 Å². The topological polar surface area (TPSA) is 84.6 Å². The van der Waals surface area contributed by atoms with Gasteiger partial charge in [-0.1, -0.05) is 17.7 Å². The molecule has 0 atom stereocenters. The number of aromatic hydroxyl groups is 1. The third-order valence-corrected chi connectivity index (χ3v) is 2.96. The number of methoxy groups -OCH3 is 1. The number of phenols is 1. The molecule has 2 aromatic rings. The highest BCUT2D eigenvalue weighted by molar-refractivity contribution is 6.31. The number of amides is 1. The van der Waals surface area contributed by atoms with Gasteiger partial charge in [0.25, 0.3) is 5.91 Å². The maximum absolute atomic E-state index is 12.1. The summed E-state index contributed by atoms with van der Waals surface area (Å²) in [6.07, 6.45) is 0. The Bertz CT molecular complexity index is 659. The zero-order chi connectivity index (χ0) is 14.7. The molecule has 0 unspecified atom stereocenters. The molecule has 20 heavy (non-hydrogen) atoms. The van der Waals surface area contributed by atoms with E-state index in [1.165, 1.54) is 19.2 Å². The number of rotatable bonds is 3. The Kier molecular flexibility index (Phi) is 4.00. The highest BCUT2D eigenvalue weighted by Crippen LogP contribution is 2.30. The molecule has 2 aromatic carbocycles. The van der Waals surface area contributed by atoms with E-state index in [1.54, 1.807) is 24.3 Å². The van der Waals surface area contributed by atoms with Crippen LogP contribution in [0.1, 0.15) is 10.4 Å². The van der Waals surface area contributed by atoms with Crippen LogP contribution in [0.25, 0.3) is 0 Å². The van der Waals surface area contributed by atoms with Crippen molar-refractivity contribution in [3.63, 3.8) is 0 Å². The third kappa shape index (κ3) is 2.78. The molecule has 4 N–H and O–H groups in total. The van der Waals surface area contributed by atoms with Crippen molar-refractivity contribution in [1.29, 1.82) is 0 Å². The Hall–Kier alpha value is -2.40. The Morgan fingerprint density at radius 2 is 2.10 bits per heavy atom. The average molecular weight is 293 g/mol. The van der Waals surface area contributed by atoms with Crippen molar-refractivity contribution in [2.24, 2.45) is 0 Å². The Balaban J connectivity index is 2.28. The van der Waals surface area contributed by atoms with Crippen LogP contribution in [-0.2, 0) is 0 Å². The van der Waals surface area contributed by atoms with E-state index in [4.69, 9.17) is 22.1 Å². The van der Waals surface area contributed by atoms with Crippen LogP contribution in [-0.4, -0.2) is 18.1 Å². The van der Waals surface area contributed by atoms with Crippen molar-refractivity contribution in [3.8, 4) is 11.5 Å². The highest BCUT2D eigenvalue weighted by Gasteiger charge is 2.15. The van der Waals surface area contributed by atoms with Gasteiger partial charge in [0.15, 0.2) is 11.5 Å². The number of nitrogens with two attached hydrogens (primary N) is 1. The lowest BCUT2D eigenvalue weighted by Crippen LogP contribution is -2.13. The normalized spacial score (nSPS) is 10.1. The second kappa shape index (κ2) is 5.71. The van der Waals surface area contributed by atoms with E-state index in [1.807, 2.05) is 0 Å². The summed E-state index contributed by atoms with van der Waals surface area (Å²) in [5.74, 6) is -0.489. The number of hydrogen-bond donors (Lipinski definition) is 3. The summed E-state index contributed by atoms with van der Waals surface area (Å²) in [4.78, 5) is 12.1. The summed E-state index contributed by atoms with van der Waals surface area (Å²) in [5.41, 5.74) is 6.61. The maximum Gasteiger partial charge on any atom is 0.259 e. The number of carbonyl (C=O) groups is 1. The van der Waals surface area contributed by atoms with Gasteiger partial charge < -0.3 is 20.9 Å². The van der Waals surface area contributed by atoms with Gasteiger partial charge >= 0.3 is 0 Å². The minimum atomic E-state index is -0.490. The van der Waals surface area contributed by atoms with Crippen LogP contribution in [0.3, 0.4) is 0 Å². The fourth-order valence-corrected chi connectivity index (χ4v) is 1.89. The van der Waals surface area contributed by atoms with Crippen LogP contribution in [0.4, 0.5) is 11.4 Å². The Labute approximate surface area is 120 Å². The molecule has 0 heterocycles. The van der Waals surface area contributed by atoms with Crippen molar-refractivity contribution in [2.45, 2.75) is 0 Å². The summed E-state index contributed by atoms with van der Waals surface area (Å²) < 4.78 is 4.95. The van der Waals surface area contributed by atoms with Gasteiger partial charge in [0.2, 0.25) is 0 Å². The fraction of sp³-hybridized carbons (Fsp3) is 0.0714. The van der Waals surface area contributed by atoms with Gasteiger partial charge in [-0.2, -0.15) is 0 Å². The number of halogens is 1. The molecule has 6 heteroatoms. The second-order valence-corrected chi connectivity index (χ2v) is 4.48. The molecule has 0 aliphatic rings. The molecule has 0 saturated heterocycles. The van der Waals surface area contributed by atoms with E-state index >= 15 is 0 Å². The van der Waals surface area contributed by atoms with E-state index in [2.05, 4.69) is 5.32 Å². The van der Waals surface area contributed by atoms with Gasteiger partial charge in [0.05, 0.1) is 24.0 Å².